The number of carbonyl (C=O) groups is 2. The summed E-state index contributed by atoms with van der Waals surface area (Å²) in [6.45, 7) is 1.62. The van der Waals surface area contributed by atoms with Crippen molar-refractivity contribution in [3.8, 4) is 6.07 Å². The van der Waals surface area contributed by atoms with Crippen LogP contribution >= 0.6 is 0 Å². The van der Waals surface area contributed by atoms with Crippen molar-refractivity contribution in [3.63, 3.8) is 0 Å². The lowest BCUT2D eigenvalue weighted by atomic mass is 9.99. The summed E-state index contributed by atoms with van der Waals surface area (Å²) in [5, 5.41) is 14.6. The Hall–Kier alpha value is -2.35. The van der Waals surface area contributed by atoms with Crippen LogP contribution < -0.4 is 10.6 Å². The SMILES string of the molecule is CC(NC(=O)C(C#N)c1ccccc1)C(=O)NC1CC1. The Morgan fingerprint density at radius 2 is 1.90 bits per heavy atom. The molecule has 1 aromatic rings. The van der Waals surface area contributed by atoms with Gasteiger partial charge in [0.05, 0.1) is 6.07 Å². The van der Waals surface area contributed by atoms with Gasteiger partial charge in [-0.2, -0.15) is 5.26 Å². The van der Waals surface area contributed by atoms with E-state index in [9.17, 15) is 9.59 Å². The zero-order chi connectivity index (χ0) is 14.5. The van der Waals surface area contributed by atoms with Crippen molar-refractivity contribution >= 4 is 11.8 Å². The van der Waals surface area contributed by atoms with Crippen LogP contribution in [0.15, 0.2) is 30.3 Å². The van der Waals surface area contributed by atoms with Crippen LogP contribution in [0.5, 0.6) is 0 Å². The van der Waals surface area contributed by atoms with E-state index in [2.05, 4.69) is 10.6 Å². The first-order chi connectivity index (χ1) is 9.61. The Bertz CT molecular complexity index is 532. The maximum absolute atomic E-state index is 12.1. The third-order valence-corrected chi connectivity index (χ3v) is 3.20. The van der Waals surface area contributed by atoms with Crippen molar-refractivity contribution in [2.45, 2.75) is 37.8 Å². The molecule has 104 valence electrons. The summed E-state index contributed by atoms with van der Waals surface area (Å²) in [6, 6.07) is 10.4. The predicted octanol–water partition coefficient (Wildman–Crippen LogP) is 1.08. The van der Waals surface area contributed by atoms with E-state index < -0.39 is 17.9 Å². The molecule has 5 heteroatoms. The lowest BCUT2D eigenvalue weighted by molar-refractivity contribution is -0.128. The number of benzene rings is 1. The van der Waals surface area contributed by atoms with Crippen LogP contribution in [0.25, 0.3) is 0 Å². The summed E-state index contributed by atoms with van der Waals surface area (Å²) in [5.41, 5.74) is 0.627. The lowest BCUT2D eigenvalue weighted by Crippen LogP contribution is -2.46. The van der Waals surface area contributed by atoms with Gasteiger partial charge in [-0.1, -0.05) is 30.3 Å². The third-order valence-electron chi connectivity index (χ3n) is 3.20. The van der Waals surface area contributed by atoms with Crippen molar-refractivity contribution in [1.29, 1.82) is 5.26 Å². The molecule has 2 amide bonds. The van der Waals surface area contributed by atoms with Crippen LogP contribution in [-0.4, -0.2) is 23.9 Å². The van der Waals surface area contributed by atoms with E-state index in [4.69, 9.17) is 5.26 Å². The molecule has 0 bridgehead atoms. The monoisotopic (exact) mass is 271 g/mol. The predicted molar refractivity (Wildman–Crippen MR) is 73.6 cm³/mol. The smallest absolute Gasteiger partial charge is 0.242 e. The first-order valence-electron chi connectivity index (χ1n) is 6.67. The van der Waals surface area contributed by atoms with E-state index in [1.165, 1.54) is 0 Å². The van der Waals surface area contributed by atoms with Gasteiger partial charge < -0.3 is 10.6 Å². The molecule has 2 unspecified atom stereocenters. The number of rotatable bonds is 5. The Morgan fingerprint density at radius 1 is 1.25 bits per heavy atom. The van der Waals surface area contributed by atoms with Gasteiger partial charge >= 0.3 is 0 Å². The van der Waals surface area contributed by atoms with Gasteiger partial charge in [0.2, 0.25) is 11.8 Å². The second kappa shape index (κ2) is 6.20. The Morgan fingerprint density at radius 3 is 2.45 bits per heavy atom. The highest BCUT2D eigenvalue weighted by molar-refractivity contribution is 5.91. The summed E-state index contributed by atoms with van der Waals surface area (Å²) in [5.74, 6) is -1.55. The topological polar surface area (TPSA) is 82.0 Å². The molecule has 2 atom stereocenters. The Balaban J connectivity index is 1.95. The van der Waals surface area contributed by atoms with Gasteiger partial charge in [-0.25, -0.2) is 0 Å². The number of nitrogens with zero attached hydrogens (tertiary/aromatic N) is 1. The Labute approximate surface area is 118 Å². The summed E-state index contributed by atoms with van der Waals surface area (Å²) >= 11 is 0. The maximum atomic E-state index is 12.1. The van der Waals surface area contributed by atoms with E-state index in [1.807, 2.05) is 12.1 Å². The van der Waals surface area contributed by atoms with Crippen LogP contribution in [0.4, 0.5) is 0 Å². The number of nitrogens with one attached hydrogen (secondary N) is 2. The molecule has 5 nitrogen and oxygen atoms in total. The van der Waals surface area contributed by atoms with Gasteiger partial charge in [0.15, 0.2) is 0 Å². The minimum atomic E-state index is -0.896. The average molecular weight is 271 g/mol. The number of hydrogen-bond donors (Lipinski definition) is 2. The summed E-state index contributed by atoms with van der Waals surface area (Å²) in [7, 11) is 0. The van der Waals surface area contributed by atoms with Crippen molar-refractivity contribution in [2.75, 3.05) is 0 Å². The van der Waals surface area contributed by atoms with Crippen LogP contribution in [0, 0.1) is 11.3 Å². The first kappa shape index (κ1) is 14.1. The van der Waals surface area contributed by atoms with Gasteiger partial charge in [-0.15, -0.1) is 0 Å². The number of carbonyl (C=O) groups excluding carboxylic acids is 2. The highest BCUT2D eigenvalue weighted by atomic mass is 16.2. The fraction of sp³-hybridized carbons (Fsp3) is 0.400. The quantitative estimate of drug-likeness (QED) is 0.840. The van der Waals surface area contributed by atoms with E-state index in [1.54, 1.807) is 31.2 Å². The third kappa shape index (κ3) is 3.58. The maximum Gasteiger partial charge on any atom is 0.242 e. The number of hydrogen-bond acceptors (Lipinski definition) is 3. The van der Waals surface area contributed by atoms with Gasteiger partial charge in [-0.3, -0.25) is 9.59 Å². The molecule has 0 aliphatic heterocycles. The molecule has 0 heterocycles. The van der Waals surface area contributed by atoms with Crippen molar-refractivity contribution in [3.05, 3.63) is 35.9 Å². The second-order valence-corrected chi connectivity index (χ2v) is 4.99. The molecule has 0 radical (unpaired) electrons. The average Bonchev–Trinajstić information content (AvgIpc) is 3.24. The molecule has 1 aromatic carbocycles. The summed E-state index contributed by atoms with van der Waals surface area (Å²) < 4.78 is 0. The molecule has 1 fully saturated rings. The van der Waals surface area contributed by atoms with E-state index in [0.29, 0.717) is 5.56 Å². The minimum Gasteiger partial charge on any atom is -0.352 e. The van der Waals surface area contributed by atoms with Crippen molar-refractivity contribution < 1.29 is 9.59 Å². The standard InChI is InChI=1S/C15H17N3O2/c1-10(14(19)18-12-7-8-12)17-15(20)13(9-16)11-5-3-2-4-6-11/h2-6,10,12-13H,7-8H2,1H3,(H,17,20)(H,18,19). The first-order valence-corrected chi connectivity index (χ1v) is 6.67. The molecule has 2 N–H and O–H groups in total. The normalized spacial score (nSPS) is 16.6. The van der Waals surface area contributed by atoms with Crippen molar-refractivity contribution in [1.82, 2.24) is 10.6 Å². The fourth-order valence-electron chi connectivity index (χ4n) is 1.85. The number of amides is 2. The summed E-state index contributed by atoms with van der Waals surface area (Å²) in [6.07, 6.45) is 1.99. The van der Waals surface area contributed by atoms with E-state index >= 15 is 0 Å². The number of nitriles is 1. The van der Waals surface area contributed by atoms with Crippen LogP contribution in [0.2, 0.25) is 0 Å². The molecule has 1 aliphatic carbocycles. The van der Waals surface area contributed by atoms with Gasteiger partial charge in [0.1, 0.15) is 12.0 Å². The Kier molecular flexibility index (Phi) is 4.36. The van der Waals surface area contributed by atoms with Crippen LogP contribution in [0.1, 0.15) is 31.2 Å². The molecule has 1 saturated carbocycles. The molecule has 2 rings (SSSR count). The van der Waals surface area contributed by atoms with Gasteiger partial charge in [0, 0.05) is 6.04 Å². The zero-order valence-electron chi connectivity index (χ0n) is 11.3. The van der Waals surface area contributed by atoms with Gasteiger partial charge in [0.25, 0.3) is 0 Å². The molecule has 20 heavy (non-hydrogen) atoms. The highest BCUT2D eigenvalue weighted by Gasteiger charge is 2.28. The lowest BCUT2D eigenvalue weighted by Gasteiger charge is -2.16. The van der Waals surface area contributed by atoms with Gasteiger partial charge in [-0.05, 0) is 25.3 Å². The fourth-order valence-corrected chi connectivity index (χ4v) is 1.85. The molecule has 0 saturated heterocycles. The minimum absolute atomic E-state index is 0.203. The van der Waals surface area contributed by atoms with Crippen LogP contribution in [-0.2, 0) is 9.59 Å². The summed E-state index contributed by atoms with van der Waals surface area (Å²) in [4.78, 5) is 23.8. The molecular formula is C15H17N3O2. The highest BCUT2D eigenvalue weighted by Crippen LogP contribution is 2.19. The van der Waals surface area contributed by atoms with Crippen LogP contribution in [0.3, 0.4) is 0 Å². The molecular weight excluding hydrogens is 254 g/mol. The zero-order valence-corrected chi connectivity index (χ0v) is 11.3. The largest absolute Gasteiger partial charge is 0.352 e. The second-order valence-electron chi connectivity index (χ2n) is 4.99. The molecule has 0 spiro atoms. The van der Waals surface area contributed by atoms with E-state index in [-0.39, 0.29) is 11.9 Å². The molecule has 1 aliphatic rings. The molecule has 0 aromatic heterocycles. The van der Waals surface area contributed by atoms with Crippen molar-refractivity contribution in [2.24, 2.45) is 0 Å². The van der Waals surface area contributed by atoms with E-state index in [0.717, 1.165) is 12.8 Å².